The minimum absolute atomic E-state index is 0.000241. The van der Waals surface area contributed by atoms with Gasteiger partial charge in [-0.15, -0.1) is 0 Å². The molecule has 2 aromatic carbocycles. The van der Waals surface area contributed by atoms with Crippen LogP contribution in [0.1, 0.15) is 11.1 Å². The number of carbonyl (C=O) groups excluding carboxylic acids is 1. The Labute approximate surface area is 162 Å². The molecule has 0 bridgehead atoms. The van der Waals surface area contributed by atoms with Crippen LogP contribution in [0, 0.1) is 13.8 Å². The zero-order valence-electron chi connectivity index (χ0n) is 15.1. The van der Waals surface area contributed by atoms with Crippen molar-refractivity contribution in [3.63, 3.8) is 0 Å². The molecule has 26 heavy (non-hydrogen) atoms. The highest BCUT2D eigenvalue weighted by Gasteiger charge is 2.37. The second-order valence-corrected chi connectivity index (χ2v) is 8.40. The molecular weight excluding hydrogens is 362 g/mol. The second kappa shape index (κ2) is 6.52. The van der Waals surface area contributed by atoms with Gasteiger partial charge in [-0.3, -0.25) is 9.69 Å². The summed E-state index contributed by atoms with van der Waals surface area (Å²) in [6.45, 7) is 4.16. The smallest absolute Gasteiger partial charge is 0.269 e. The molecule has 0 aromatic heterocycles. The SMILES string of the molecule is Cc1ccc(N=C2S/C(=C3\Sc4ccccc4N3C)C(=O)N2C)cc1C. The summed E-state index contributed by atoms with van der Waals surface area (Å²) in [4.78, 5) is 23.2. The predicted octanol–water partition coefficient (Wildman–Crippen LogP) is 4.91. The molecule has 0 unspecified atom stereocenters. The molecule has 4 rings (SSSR count). The Morgan fingerprint density at radius 2 is 1.69 bits per heavy atom. The van der Waals surface area contributed by atoms with Gasteiger partial charge in [0.2, 0.25) is 0 Å². The van der Waals surface area contributed by atoms with Crippen molar-refractivity contribution in [1.82, 2.24) is 4.90 Å². The van der Waals surface area contributed by atoms with E-state index in [9.17, 15) is 4.79 Å². The van der Waals surface area contributed by atoms with Crippen LogP contribution >= 0.6 is 23.5 Å². The highest BCUT2D eigenvalue weighted by atomic mass is 32.2. The van der Waals surface area contributed by atoms with Crippen LogP contribution in [0.4, 0.5) is 11.4 Å². The monoisotopic (exact) mass is 381 g/mol. The Balaban J connectivity index is 1.70. The fourth-order valence-electron chi connectivity index (χ4n) is 2.88. The topological polar surface area (TPSA) is 35.9 Å². The molecule has 4 nitrogen and oxygen atoms in total. The molecule has 0 aliphatic carbocycles. The standard InChI is InChI=1S/C20H19N3OS2/c1-12-9-10-14(11-13(12)2)21-20-23(4)18(24)17(26-20)19-22(3)15-7-5-6-8-16(15)25-19/h5-11H,1-4H3/b19-17-,21-20?. The normalized spacial score (nSPS) is 21.1. The van der Waals surface area contributed by atoms with Gasteiger partial charge >= 0.3 is 0 Å². The van der Waals surface area contributed by atoms with Gasteiger partial charge in [-0.25, -0.2) is 4.99 Å². The first-order chi connectivity index (χ1) is 12.5. The van der Waals surface area contributed by atoms with E-state index < -0.39 is 0 Å². The Morgan fingerprint density at radius 1 is 0.923 bits per heavy atom. The molecule has 1 fully saturated rings. The summed E-state index contributed by atoms with van der Waals surface area (Å²) in [6.07, 6.45) is 0. The number of nitrogens with zero attached hydrogens (tertiary/aromatic N) is 3. The lowest BCUT2D eigenvalue weighted by atomic mass is 10.1. The fourth-order valence-corrected chi connectivity index (χ4v) is 5.21. The van der Waals surface area contributed by atoms with Crippen molar-refractivity contribution >= 4 is 46.0 Å². The van der Waals surface area contributed by atoms with Crippen molar-refractivity contribution in [2.24, 2.45) is 4.99 Å². The summed E-state index contributed by atoms with van der Waals surface area (Å²) in [6, 6.07) is 14.3. The molecule has 6 heteroatoms. The Bertz CT molecular complexity index is 981. The van der Waals surface area contributed by atoms with Crippen LogP contribution in [0.3, 0.4) is 0 Å². The summed E-state index contributed by atoms with van der Waals surface area (Å²) < 4.78 is 0. The van der Waals surface area contributed by atoms with Crippen molar-refractivity contribution in [2.45, 2.75) is 18.7 Å². The van der Waals surface area contributed by atoms with Crippen molar-refractivity contribution in [2.75, 3.05) is 19.0 Å². The summed E-state index contributed by atoms with van der Waals surface area (Å²) >= 11 is 3.09. The number of benzene rings is 2. The quantitative estimate of drug-likeness (QED) is 0.658. The Hall–Kier alpha value is -2.18. The zero-order chi connectivity index (χ0) is 18.4. The molecule has 2 aliphatic heterocycles. The van der Waals surface area contributed by atoms with Gasteiger partial charge in [-0.05, 0) is 61.0 Å². The van der Waals surface area contributed by atoms with Crippen molar-refractivity contribution in [1.29, 1.82) is 0 Å². The Kier molecular flexibility index (Phi) is 4.32. The average molecular weight is 382 g/mol. The number of aliphatic imine (C=N–C) groups is 1. The molecule has 2 aromatic rings. The van der Waals surface area contributed by atoms with Gasteiger partial charge in [0, 0.05) is 19.0 Å². The van der Waals surface area contributed by atoms with Gasteiger partial charge < -0.3 is 4.90 Å². The molecule has 1 amide bonds. The van der Waals surface area contributed by atoms with Crippen LogP contribution < -0.4 is 4.90 Å². The van der Waals surface area contributed by atoms with Crippen molar-refractivity contribution in [3.8, 4) is 0 Å². The minimum Gasteiger partial charge on any atom is -0.337 e. The van der Waals surface area contributed by atoms with Crippen molar-refractivity contribution in [3.05, 3.63) is 63.5 Å². The van der Waals surface area contributed by atoms with Crippen LogP contribution in [0.25, 0.3) is 0 Å². The summed E-state index contributed by atoms with van der Waals surface area (Å²) in [5, 5.41) is 1.68. The fraction of sp³-hybridized carbons (Fsp3) is 0.200. The number of amides is 1. The lowest BCUT2D eigenvalue weighted by molar-refractivity contribution is -0.121. The van der Waals surface area contributed by atoms with E-state index in [0.717, 1.165) is 21.3 Å². The summed E-state index contributed by atoms with van der Waals surface area (Å²) in [5.74, 6) is -0.000241. The molecule has 2 heterocycles. The van der Waals surface area contributed by atoms with Crippen LogP contribution in [-0.2, 0) is 4.79 Å². The van der Waals surface area contributed by atoms with Crippen molar-refractivity contribution < 1.29 is 4.79 Å². The van der Waals surface area contributed by atoms with Gasteiger partial charge in [-0.1, -0.05) is 30.0 Å². The molecule has 0 N–H and O–H groups in total. The van der Waals surface area contributed by atoms with E-state index in [1.54, 1.807) is 23.7 Å². The third-order valence-corrected chi connectivity index (χ3v) is 7.11. The predicted molar refractivity (Wildman–Crippen MR) is 111 cm³/mol. The van der Waals surface area contributed by atoms with E-state index >= 15 is 0 Å². The average Bonchev–Trinajstić information content (AvgIpc) is 3.10. The zero-order valence-corrected chi connectivity index (χ0v) is 16.7. The first-order valence-electron chi connectivity index (χ1n) is 8.32. The number of aryl methyl sites for hydroxylation is 2. The lowest BCUT2D eigenvalue weighted by Gasteiger charge is -2.14. The van der Waals surface area contributed by atoms with Crippen LogP contribution in [0.2, 0.25) is 0 Å². The number of para-hydroxylation sites is 1. The number of carbonyl (C=O) groups is 1. The number of rotatable bonds is 1. The maximum absolute atomic E-state index is 12.8. The van der Waals surface area contributed by atoms with Gasteiger partial charge in [0.1, 0.15) is 4.91 Å². The van der Waals surface area contributed by atoms with E-state index in [1.165, 1.54) is 27.8 Å². The molecule has 132 valence electrons. The van der Waals surface area contributed by atoms with E-state index in [0.29, 0.717) is 5.17 Å². The largest absolute Gasteiger partial charge is 0.337 e. The van der Waals surface area contributed by atoms with Crippen LogP contribution in [0.5, 0.6) is 0 Å². The maximum atomic E-state index is 12.8. The van der Waals surface area contributed by atoms with Crippen LogP contribution in [0.15, 0.2) is 62.3 Å². The van der Waals surface area contributed by atoms with Gasteiger partial charge in [0.15, 0.2) is 5.17 Å². The van der Waals surface area contributed by atoms with E-state index in [4.69, 9.17) is 4.99 Å². The number of thioether (sulfide) groups is 2. The Morgan fingerprint density at radius 3 is 2.42 bits per heavy atom. The molecule has 0 atom stereocenters. The molecule has 0 spiro atoms. The number of fused-ring (bicyclic) bond motifs is 1. The van der Waals surface area contributed by atoms with Gasteiger partial charge in [0.05, 0.1) is 16.4 Å². The lowest BCUT2D eigenvalue weighted by Crippen LogP contribution is -2.24. The number of amidine groups is 1. The molecule has 0 saturated carbocycles. The first kappa shape index (κ1) is 17.2. The molecule has 0 radical (unpaired) electrons. The van der Waals surface area contributed by atoms with E-state index in [1.807, 2.05) is 25.2 Å². The number of hydrogen-bond donors (Lipinski definition) is 0. The van der Waals surface area contributed by atoms with Crippen LogP contribution in [-0.4, -0.2) is 30.1 Å². The van der Waals surface area contributed by atoms with Gasteiger partial charge in [0.25, 0.3) is 5.91 Å². The van der Waals surface area contributed by atoms with E-state index in [-0.39, 0.29) is 5.91 Å². The molecular formula is C20H19N3OS2. The summed E-state index contributed by atoms with van der Waals surface area (Å²) in [7, 11) is 3.79. The minimum atomic E-state index is -0.000241. The summed E-state index contributed by atoms with van der Waals surface area (Å²) in [5.41, 5.74) is 4.44. The third-order valence-electron chi connectivity index (χ3n) is 4.63. The third kappa shape index (κ3) is 2.83. The highest BCUT2D eigenvalue weighted by molar-refractivity contribution is 8.19. The number of anilines is 1. The number of likely N-dealkylation sites (N-methyl/N-ethyl adjacent to an activating group) is 1. The van der Waals surface area contributed by atoms with E-state index in [2.05, 4.69) is 43.0 Å². The first-order valence-corrected chi connectivity index (χ1v) is 9.96. The van der Waals surface area contributed by atoms with Gasteiger partial charge in [-0.2, -0.15) is 0 Å². The molecule has 2 aliphatic rings. The highest BCUT2D eigenvalue weighted by Crippen LogP contribution is 2.49. The second-order valence-electron chi connectivity index (χ2n) is 6.39. The number of hydrogen-bond acceptors (Lipinski definition) is 5. The maximum Gasteiger partial charge on any atom is 0.269 e. The molecule has 1 saturated heterocycles.